The Balaban J connectivity index is 0.00000241. The van der Waals surface area contributed by atoms with Crippen LogP contribution < -0.4 is 10.6 Å². The number of fused-ring (bicyclic) bond motifs is 1. The first-order valence-electron chi connectivity index (χ1n) is 12.4. The van der Waals surface area contributed by atoms with Crippen molar-refractivity contribution in [2.24, 2.45) is 23.2 Å². The summed E-state index contributed by atoms with van der Waals surface area (Å²) in [5.74, 6) is -0.575. The van der Waals surface area contributed by atoms with Crippen LogP contribution in [0.3, 0.4) is 0 Å². The van der Waals surface area contributed by atoms with Crippen molar-refractivity contribution in [2.75, 3.05) is 13.7 Å². The van der Waals surface area contributed by atoms with E-state index in [-0.39, 0.29) is 27.8 Å². The lowest BCUT2D eigenvalue weighted by molar-refractivity contribution is -0.148. The maximum absolute atomic E-state index is 13.6. The number of nitrogens with one attached hydrogen (secondary N) is 2. The summed E-state index contributed by atoms with van der Waals surface area (Å²) in [7, 11) is 1.25. The highest BCUT2D eigenvalue weighted by atomic mass is 16.6. The summed E-state index contributed by atoms with van der Waals surface area (Å²) >= 11 is 0. The van der Waals surface area contributed by atoms with E-state index < -0.39 is 53.0 Å². The van der Waals surface area contributed by atoms with Gasteiger partial charge in [-0.3, -0.25) is 9.59 Å². The number of aliphatic hydroxyl groups is 1. The minimum Gasteiger partial charge on any atom is -0.467 e. The smallest absolute Gasteiger partial charge is 0.408 e. The van der Waals surface area contributed by atoms with Gasteiger partial charge < -0.3 is 30.1 Å². The summed E-state index contributed by atoms with van der Waals surface area (Å²) in [5.41, 5.74) is -1.89. The molecule has 0 radical (unpaired) electrons. The molecule has 3 saturated carbocycles. The molecule has 10 heteroatoms. The number of hydrogen-bond acceptors (Lipinski definition) is 7. The van der Waals surface area contributed by atoms with Crippen LogP contribution in [0.4, 0.5) is 4.79 Å². The Bertz CT molecular complexity index is 916. The van der Waals surface area contributed by atoms with E-state index >= 15 is 0 Å². The van der Waals surface area contributed by atoms with Gasteiger partial charge in [0.15, 0.2) is 0 Å². The van der Waals surface area contributed by atoms with Gasteiger partial charge in [-0.15, -0.1) is 6.58 Å². The van der Waals surface area contributed by atoms with E-state index in [0.717, 1.165) is 12.8 Å². The summed E-state index contributed by atoms with van der Waals surface area (Å²) in [5, 5.41) is 15.8. The number of alkyl carbamates (subject to hydrolysis) is 1. The second kappa shape index (κ2) is 9.11. The molecule has 3 aliphatic carbocycles. The normalized spacial score (nSPS) is 36.0. The third-order valence-corrected chi connectivity index (χ3v) is 7.91. The molecule has 4 aliphatic rings. The number of likely N-dealkylation sites (tertiary alicyclic amines) is 1. The van der Waals surface area contributed by atoms with Crippen LogP contribution in [0, 0.1) is 23.2 Å². The average Bonchev–Trinajstić information content (AvgIpc) is 3.60. The van der Waals surface area contributed by atoms with Gasteiger partial charge >= 0.3 is 12.1 Å². The SMILES string of the molecule is C=CC1C[C@]1(NC(=O)[C@@H]1C[C@H](O)CN1C(=O)[C@@H](NC(=O)OC1CC2CC2C1)C(C)(C)C)C(=O)OC.[HH].[HH]. The number of ether oxygens (including phenoxy) is 2. The fourth-order valence-corrected chi connectivity index (χ4v) is 5.67. The second-order valence-electron chi connectivity index (χ2n) is 11.6. The maximum Gasteiger partial charge on any atom is 0.408 e. The number of carbonyl (C=O) groups excluding carboxylic acids is 4. The minimum absolute atomic E-state index is 0. The Morgan fingerprint density at radius 1 is 1.17 bits per heavy atom. The number of carbonyl (C=O) groups is 4. The first kappa shape index (κ1) is 25.5. The van der Waals surface area contributed by atoms with Crippen molar-refractivity contribution in [3.63, 3.8) is 0 Å². The van der Waals surface area contributed by atoms with Gasteiger partial charge in [0.1, 0.15) is 23.7 Å². The zero-order chi connectivity index (χ0) is 25.7. The molecule has 0 spiro atoms. The molecule has 0 aromatic carbocycles. The van der Waals surface area contributed by atoms with Crippen LogP contribution in [0.1, 0.15) is 55.7 Å². The van der Waals surface area contributed by atoms with E-state index in [2.05, 4.69) is 17.2 Å². The van der Waals surface area contributed by atoms with E-state index in [4.69, 9.17) is 9.47 Å². The van der Waals surface area contributed by atoms with Crippen LogP contribution in [-0.4, -0.2) is 77.4 Å². The summed E-state index contributed by atoms with van der Waals surface area (Å²) in [6.07, 6.45) is 3.21. The van der Waals surface area contributed by atoms with Crippen molar-refractivity contribution in [1.82, 2.24) is 15.5 Å². The van der Waals surface area contributed by atoms with Gasteiger partial charge in [0.05, 0.1) is 13.2 Å². The highest BCUT2D eigenvalue weighted by Crippen LogP contribution is 2.52. The van der Waals surface area contributed by atoms with Crippen molar-refractivity contribution in [2.45, 2.75) is 82.7 Å². The quantitative estimate of drug-likeness (QED) is 0.361. The average molecular weight is 496 g/mol. The van der Waals surface area contributed by atoms with Crippen LogP contribution in [-0.2, 0) is 23.9 Å². The molecule has 1 aliphatic heterocycles. The van der Waals surface area contributed by atoms with Crippen LogP contribution in [0.2, 0.25) is 0 Å². The van der Waals surface area contributed by atoms with Gasteiger partial charge in [-0.25, -0.2) is 9.59 Å². The van der Waals surface area contributed by atoms with Gasteiger partial charge in [0.25, 0.3) is 0 Å². The van der Waals surface area contributed by atoms with Crippen molar-refractivity contribution in [3.05, 3.63) is 12.7 Å². The summed E-state index contributed by atoms with van der Waals surface area (Å²) in [4.78, 5) is 53.2. The molecule has 0 bridgehead atoms. The number of hydrogen-bond donors (Lipinski definition) is 3. The number of amides is 3. The number of methoxy groups -OCH3 is 1. The molecule has 7 atom stereocenters. The second-order valence-corrected chi connectivity index (χ2v) is 11.6. The van der Waals surface area contributed by atoms with Crippen LogP contribution in [0.25, 0.3) is 0 Å². The van der Waals surface area contributed by atoms with Crippen molar-refractivity contribution >= 4 is 23.9 Å². The highest BCUT2D eigenvalue weighted by Gasteiger charge is 2.62. The van der Waals surface area contributed by atoms with E-state index in [9.17, 15) is 24.3 Å². The summed E-state index contributed by atoms with van der Waals surface area (Å²) < 4.78 is 10.4. The Hall–Kier alpha value is -2.62. The van der Waals surface area contributed by atoms with E-state index in [0.29, 0.717) is 18.3 Å². The molecular weight excluding hydrogens is 454 g/mol. The fraction of sp³-hybridized carbons (Fsp3) is 0.760. The molecule has 0 aromatic heterocycles. The Morgan fingerprint density at radius 3 is 2.37 bits per heavy atom. The third kappa shape index (κ3) is 5.03. The molecule has 1 heterocycles. The van der Waals surface area contributed by atoms with E-state index in [1.54, 1.807) is 6.08 Å². The number of esters is 1. The zero-order valence-electron chi connectivity index (χ0n) is 20.9. The maximum atomic E-state index is 13.6. The highest BCUT2D eigenvalue weighted by molar-refractivity contribution is 5.96. The lowest BCUT2D eigenvalue weighted by Gasteiger charge is -2.35. The number of nitrogens with zero attached hydrogens (tertiary/aromatic N) is 1. The molecule has 198 valence electrons. The first-order chi connectivity index (χ1) is 16.4. The Morgan fingerprint density at radius 2 is 1.83 bits per heavy atom. The Labute approximate surface area is 208 Å². The molecule has 35 heavy (non-hydrogen) atoms. The molecule has 3 unspecified atom stereocenters. The molecule has 10 nitrogen and oxygen atoms in total. The molecule has 3 N–H and O–H groups in total. The number of β-amino-alcohol motifs (C(OH)–C–C–N with tert-alkyl or cyclic N) is 1. The Kier molecular flexibility index (Phi) is 6.63. The van der Waals surface area contributed by atoms with Gasteiger partial charge in [-0.2, -0.15) is 0 Å². The largest absolute Gasteiger partial charge is 0.467 e. The van der Waals surface area contributed by atoms with Crippen molar-refractivity contribution < 1.29 is 36.6 Å². The van der Waals surface area contributed by atoms with E-state index in [1.807, 2.05) is 20.8 Å². The lowest BCUT2D eigenvalue weighted by Crippen LogP contribution is -2.59. The molecule has 0 aromatic rings. The van der Waals surface area contributed by atoms with Crippen LogP contribution in [0.5, 0.6) is 0 Å². The first-order valence-corrected chi connectivity index (χ1v) is 12.4. The summed E-state index contributed by atoms with van der Waals surface area (Å²) in [6, 6.07) is -1.96. The van der Waals surface area contributed by atoms with Gasteiger partial charge in [-0.05, 0) is 42.9 Å². The third-order valence-electron chi connectivity index (χ3n) is 7.91. The molecule has 1 saturated heterocycles. The molecule has 3 amide bonds. The minimum atomic E-state index is -1.21. The van der Waals surface area contributed by atoms with Gasteiger partial charge in [0.2, 0.25) is 11.8 Å². The number of aliphatic hydroxyl groups excluding tert-OH is 1. The zero-order valence-corrected chi connectivity index (χ0v) is 20.9. The van der Waals surface area contributed by atoms with Crippen LogP contribution >= 0.6 is 0 Å². The molecular formula is C25H41N3O7. The monoisotopic (exact) mass is 495 g/mol. The van der Waals surface area contributed by atoms with Gasteiger partial charge in [-0.1, -0.05) is 26.8 Å². The van der Waals surface area contributed by atoms with E-state index in [1.165, 1.54) is 18.4 Å². The topological polar surface area (TPSA) is 134 Å². The standard InChI is InChI=1S/C25H37N3O7.2H2/c1-6-15-11-25(15,22(32)34-5)27-20(30)18-10-16(29)12-28(18)21(31)19(24(2,3)4)26-23(33)35-17-8-13-7-14(13)9-17;;/h6,13-19,29H,1,7-12H2,2-5H3,(H,26,33)(H,27,30);2*1H/t13?,14?,15?,16-,17?,18-,19+,25+;;/m0../s1. The summed E-state index contributed by atoms with van der Waals surface area (Å²) in [6.45, 7) is 9.09. The van der Waals surface area contributed by atoms with Crippen molar-refractivity contribution in [3.8, 4) is 0 Å². The fourth-order valence-electron chi connectivity index (χ4n) is 5.67. The van der Waals surface area contributed by atoms with Crippen molar-refractivity contribution in [1.29, 1.82) is 0 Å². The predicted molar refractivity (Wildman–Crippen MR) is 129 cm³/mol. The number of rotatable bonds is 7. The molecule has 4 fully saturated rings. The predicted octanol–water partition coefficient (Wildman–Crippen LogP) is 1.61. The molecule has 4 rings (SSSR count). The lowest BCUT2D eigenvalue weighted by atomic mass is 9.85. The van der Waals surface area contributed by atoms with Gasteiger partial charge in [0, 0.05) is 21.7 Å². The van der Waals surface area contributed by atoms with Crippen LogP contribution in [0.15, 0.2) is 12.7 Å².